The number of aromatic hydroxyl groups is 1. The van der Waals surface area contributed by atoms with Crippen LogP contribution in [0.3, 0.4) is 0 Å². The van der Waals surface area contributed by atoms with Gasteiger partial charge < -0.3 is 15.7 Å². The zero-order chi connectivity index (χ0) is 15.4. The summed E-state index contributed by atoms with van der Waals surface area (Å²) < 4.78 is 0. The van der Waals surface area contributed by atoms with Gasteiger partial charge in [-0.25, -0.2) is 4.98 Å². The SMILES string of the molecule is Cc1ccnc(NC(=O)C(=O)Nc2cc(Cl)ccc2O)c1. The number of aromatic nitrogens is 1. The summed E-state index contributed by atoms with van der Waals surface area (Å²) in [5.41, 5.74) is 0.952. The molecule has 2 rings (SSSR count). The molecule has 108 valence electrons. The molecular weight excluding hydrogens is 294 g/mol. The first-order chi connectivity index (χ1) is 9.95. The molecule has 0 radical (unpaired) electrons. The van der Waals surface area contributed by atoms with Crippen LogP contribution >= 0.6 is 11.6 Å². The fourth-order valence-electron chi connectivity index (χ4n) is 1.57. The predicted octanol–water partition coefficient (Wildman–Crippen LogP) is 2.33. The van der Waals surface area contributed by atoms with Gasteiger partial charge in [-0.2, -0.15) is 0 Å². The number of amides is 2. The number of aryl methyl sites for hydroxylation is 1. The minimum Gasteiger partial charge on any atom is -0.506 e. The van der Waals surface area contributed by atoms with Crippen LogP contribution in [0.5, 0.6) is 5.75 Å². The fraction of sp³-hybridized carbons (Fsp3) is 0.0714. The van der Waals surface area contributed by atoms with Crippen LogP contribution in [-0.2, 0) is 9.59 Å². The lowest BCUT2D eigenvalue weighted by Crippen LogP contribution is -2.29. The number of nitrogens with zero attached hydrogens (tertiary/aromatic N) is 1. The lowest BCUT2D eigenvalue weighted by molar-refractivity contribution is -0.133. The summed E-state index contributed by atoms with van der Waals surface area (Å²) in [6, 6.07) is 7.51. The van der Waals surface area contributed by atoms with Crippen molar-refractivity contribution in [2.45, 2.75) is 6.92 Å². The van der Waals surface area contributed by atoms with Gasteiger partial charge in [-0.1, -0.05) is 11.6 Å². The molecule has 2 amide bonds. The third kappa shape index (κ3) is 3.93. The maximum absolute atomic E-state index is 11.8. The monoisotopic (exact) mass is 305 g/mol. The molecule has 0 aliphatic carbocycles. The van der Waals surface area contributed by atoms with Crippen LogP contribution in [0.1, 0.15) is 5.56 Å². The Morgan fingerprint density at radius 2 is 1.86 bits per heavy atom. The first-order valence-corrected chi connectivity index (χ1v) is 6.37. The van der Waals surface area contributed by atoms with Gasteiger partial charge in [0.1, 0.15) is 11.6 Å². The first-order valence-electron chi connectivity index (χ1n) is 5.99. The molecule has 1 aromatic carbocycles. The van der Waals surface area contributed by atoms with Crippen molar-refractivity contribution in [3.05, 3.63) is 47.1 Å². The van der Waals surface area contributed by atoms with Crippen molar-refractivity contribution in [2.75, 3.05) is 10.6 Å². The molecule has 0 atom stereocenters. The van der Waals surface area contributed by atoms with Gasteiger partial charge in [0.15, 0.2) is 0 Å². The van der Waals surface area contributed by atoms with E-state index in [1.807, 2.05) is 6.92 Å². The zero-order valence-corrected chi connectivity index (χ0v) is 11.8. The van der Waals surface area contributed by atoms with Gasteiger partial charge in [-0.05, 0) is 42.8 Å². The lowest BCUT2D eigenvalue weighted by Gasteiger charge is -2.08. The second-order valence-electron chi connectivity index (χ2n) is 4.29. The largest absolute Gasteiger partial charge is 0.506 e. The number of benzene rings is 1. The molecule has 3 N–H and O–H groups in total. The minimum atomic E-state index is -0.934. The van der Waals surface area contributed by atoms with Crippen LogP contribution in [0, 0.1) is 6.92 Å². The smallest absolute Gasteiger partial charge is 0.315 e. The molecular formula is C14H12ClN3O3. The lowest BCUT2D eigenvalue weighted by atomic mass is 10.3. The molecule has 1 heterocycles. The molecule has 0 saturated carbocycles. The van der Waals surface area contributed by atoms with Crippen LogP contribution in [0.15, 0.2) is 36.5 Å². The van der Waals surface area contributed by atoms with Crippen molar-refractivity contribution < 1.29 is 14.7 Å². The molecule has 0 unspecified atom stereocenters. The van der Waals surface area contributed by atoms with E-state index in [2.05, 4.69) is 15.6 Å². The van der Waals surface area contributed by atoms with E-state index in [4.69, 9.17) is 11.6 Å². The summed E-state index contributed by atoms with van der Waals surface area (Å²) in [5, 5.41) is 14.5. The highest BCUT2D eigenvalue weighted by atomic mass is 35.5. The molecule has 0 aliphatic heterocycles. The number of hydrogen-bond donors (Lipinski definition) is 3. The number of carbonyl (C=O) groups is 2. The summed E-state index contributed by atoms with van der Waals surface area (Å²) in [6.07, 6.45) is 1.52. The van der Waals surface area contributed by atoms with Crippen molar-refractivity contribution in [3.8, 4) is 5.75 Å². The molecule has 0 spiro atoms. The molecule has 21 heavy (non-hydrogen) atoms. The van der Waals surface area contributed by atoms with Crippen molar-refractivity contribution in [1.29, 1.82) is 0 Å². The van der Waals surface area contributed by atoms with E-state index >= 15 is 0 Å². The number of halogens is 1. The van der Waals surface area contributed by atoms with E-state index in [0.29, 0.717) is 5.02 Å². The second-order valence-corrected chi connectivity index (χ2v) is 4.72. The Kier molecular flexibility index (Phi) is 4.39. The Morgan fingerprint density at radius 3 is 2.57 bits per heavy atom. The van der Waals surface area contributed by atoms with Gasteiger partial charge in [0.25, 0.3) is 0 Å². The topological polar surface area (TPSA) is 91.3 Å². The van der Waals surface area contributed by atoms with Gasteiger partial charge in [-0.3, -0.25) is 9.59 Å². The maximum Gasteiger partial charge on any atom is 0.315 e. The Bertz CT molecular complexity index is 704. The van der Waals surface area contributed by atoms with Crippen molar-refractivity contribution in [1.82, 2.24) is 4.98 Å². The number of hydrogen-bond acceptors (Lipinski definition) is 4. The fourth-order valence-corrected chi connectivity index (χ4v) is 1.74. The number of phenols is 1. The third-order valence-corrected chi connectivity index (χ3v) is 2.81. The Hall–Kier alpha value is -2.60. The minimum absolute atomic E-state index is 0.0554. The highest BCUT2D eigenvalue weighted by molar-refractivity contribution is 6.43. The summed E-state index contributed by atoms with van der Waals surface area (Å²) in [7, 11) is 0. The highest BCUT2D eigenvalue weighted by Gasteiger charge is 2.16. The summed E-state index contributed by atoms with van der Waals surface area (Å²) in [6.45, 7) is 1.83. The van der Waals surface area contributed by atoms with Gasteiger partial charge in [0.2, 0.25) is 0 Å². The van der Waals surface area contributed by atoms with Gasteiger partial charge >= 0.3 is 11.8 Å². The van der Waals surface area contributed by atoms with Crippen molar-refractivity contribution in [2.24, 2.45) is 0 Å². The number of anilines is 2. The van der Waals surface area contributed by atoms with Gasteiger partial charge in [-0.15, -0.1) is 0 Å². The Morgan fingerprint density at radius 1 is 1.14 bits per heavy atom. The number of phenolic OH excluding ortho intramolecular Hbond substituents is 1. The van der Waals surface area contributed by atoms with Gasteiger partial charge in [0.05, 0.1) is 5.69 Å². The van der Waals surface area contributed by atoms with E-state index in [-0.39, 0.29) is 17.3 Å². The van der Waals surface area contributed by atoms with E-state index in [1.54, 1.807) is 12.1 Å². The van der Waals surface area contributed by atoms with Crippen LogP contribution in [0.2, 0.25) is 5.02 Å². The molecule has 7 heteroatoms. The average molecular weight is 306 g/mol. The van der Waals surface area contributed by atoms with E-state index < -0.39 is 11.8 Å². The standard InChI is InChI=1S/C14H12ClN3O3/c1-8-4-5-16-12(6-8)18-14(21)13(20)17-10-7-9(15)2-3-11(10)19/h2-7,19H,1H3,(H,17,20)(H,16,18,21). The number of nitrogens with one attached hydrogen (secondary N) is 2. The molecule has 0 fully saturated rings. The second kappa shape index (κ2) is 6.23. The average Bonchev–Trinajstić information content (AvgIpc) is 2.43. The molecule has 1 aromatic heterocycles. The zero-order valence-electron chi connectivity index (χ0n) is 11.1. The van der Waals surface area contributed by atoms with Crippen LogP contribution in [0.4, 0.5) is 11.5 Å². The van der Waals surface area contributed by atoms with Crippen molar-refractivity contribution >= 4 is 34.9 Å². The molecule has 2 aromatic rings. The van der Waals surface area contributed by atoms with Crippen LogP contribution in [-0.4, -0.2) is 21.9 Å². The van der Waals surface area contributed by atoms with E-state index in [9.17, 15) is 14.7 Å². The van der Waals surface area contributed by atoms with Gasteiger partial charge in [0, 0.05) is 11.2 Å². The first kappa shape index (κ1) is 14.8. The normalized spacial score (nSPS) is 10.0. The molecule has 6 nitrogen and oxygen atoms in total. The number of rotatable bonds is 2. The summed E-state index contributed by atoms with van der Waals surface area (Å²) in [5.74, 6) is -1.75. The molecule has 0 bridgehead atoms. The summed E-state index contributed by atoms with van der Waals surface area (Å²) >= 11 is 5.75. The van der Waals surface area contributed by atoms with Crippen LogP contribution < -0.4 is 10.6 Å². The van der Waals surface area contributed by atoms with E-state index in [0.717, 1.165) is 5.56 Å². The Labute approximate surface area is 125 Å². The number of carbonyl (C=O) groups excluding carboxylic acids is 2. The third-order valence-electron chi connectivity index (χ3n) is 2.57. The van der Waals surface area contributed by atoms with Crippen molar-refractivity contribution in [3.63, 3.8) is 0 Å². The Balaban J connectivity index is 2.06. The molecule has 0 aliphatic rings. The van der Waals surface area contributed by atoms with Crippen LogP contribution in [0.25, 0.3) is 0 Å². The maximum atomic E-state index is 11.8. The number of pyridine rings is 1. The highest BCUT2D eigenvalue weighted by Crippen LogP contribution is 2.26. The van der Waals surface area contributed by atoms with E-state index in [1.165, 1.54) is 24.4 Å². The molecule has 0 saturated heterocycles. The predicted molar refractivity (Wildman–Crippen MR) is 79.4 cm³/mol. The quantitative estimate of drug-likeness (QED) is 0.586. The summed E-state index contributed by atoms with van der Waals surface area (Å²) in [4.78, 5) is 27.4.